The van der Waals surface area contributed by atoms with E-state index in [0.29, 0.717) is 19.5 Å². The molecule has 0 radical (unpaired) electrons. The van der Waals surface area contributed by atoms with Crippen molar-refractivity contribution >= 4 is 11.8 Å². The van der Waals surface area contributed by atoms with Gasteiger partial charge in [0.15, 0.2) is 0 Å². The summed E-state index contributed by atoms with van der Waals surface area (Å²) in [6, 6.07) is 9.47. The van der Waals surface area contributed by atoms with Crippen molar-refractivity contribution in [2.75, 3.05) is 45.8 Å². The minimum Gasteiger partial charge on any atom is -0.342 e. The highest BCUT2D eigenvalue weighted by Gasteiger charge is 2.23. The lowest BCUT2D eigenvalue weighted by molar-refractivity contribution is -0.132. The first-order valence-corrected chi connectivity index (χ1v) is 9.63. The van der Waals surface area contributed by atoms with Gasteiger partial charge in [-0.1, -0.05) is 30.3 Å². The Morgan fingerprint density at radius 2 is 1.77 bits per heavy atom. The van der Waals surface area contributed by atoms with Crippen LogP contribution in [0.4, 0.5) is 0 Å². The predicted octanol–water partition coefficient (Wildman–Crippen LogP) is 1.48. The summed E-state index contributed by atoms with van der Waals surface area (Å²) in [5.74, 6) is 0.263. The maximum atomic E-state index is 12.6. The molecule has 1 fully saturated rings. The Morgan fingerprint density at radius 3 is 2.42 bits per heavy atom. The number of likely N-dealkylation sites (N-methyl/N-ethyl adjacent to an activating group) is 1. The van der Waals surface area contributed by atoms with Gasteiger partial charge in [0, 0.05) is 51.7 Å². The van der Waals surface area contributed by atoms with Crippen LogP contribution in [-0.2, 0) is 9.59 Å². The van der Waals surface area contributed by atoms with Crippen LogP contribution in [0.5, 0.6) is 0 Å². The van der Waals surface area contributed by atoms with Crippen molar-refractivity contribution in [1.82, 2.24) is 14.7 Å². The van der Waals surface area contributed by atoms with Crippen molar-refractivity contribution in [3.63, 3.8) is 0 Å². The van der Waals surface area contributed by atoms with Gasteiger partial charge in [-0.05, 0) is 25.8 Å². The molecule has 1 aliphatic heterocycles. The first-order chi connectivity index (χ1) is 12.5. The fourth-order valence-electron chi connectivity index (χ4n) is 3.38. The molecule has 1 aromatic rings. The van der Waals surface area contributed by atoms with Gasteiger partial charge < -0.3 is 15.5 Å². The van der Waals surface area contributed by atoms with Crippen molar-refractivity contribution in [3.05, 3.63) is 35.9 Å². The van der Waals surface area contributed by atoms with Crippen molar-refractivity contribution in [2.45, 2.75) is 32.7 Å². The van der Waals surface area contributed by atoms with Gasteiger partial charge in [0.05, 0.1) is 6.54 Å². The van der Waals surface area contributed by atoms with E-state index in [1.165, 1.54) is 0 Å². The second kappa shape index (κ2) is 10.3. The number of hydrogen-bond acceptors (Lipinski definition) is 4. The monoisotopic (exact) mass is 360 g/mol. The number of carbonyl (C=O) groups excluding carboxylic acids is 2. The van der Waals surface area contributed by atoms with E-state index in [4.69, 9.17) is 5.73 Å². The molecule has 2 N–H and O–H groups in total. The number of nitrogens with zero attached hydrogens (tertiary/aromatic N) is 3. The van der Waals surface area contributed by atoms with Crippen LogP contribution in [0.2, 0.25) is 0 Å². The van der Waals surface area contributed by atoms with Crippen molar-refractivity contribution in [3.8, 4) is 0 Å². The Hall–Kier alpha value is -1.92. The zero-order valence-corrected chi connectivity index (χ0v) is 16.1. The van der Waals surface area contributed by atoms with E-state index in [1.54, 1.807) is 0 Å². The summed E-state index contributed by atoms with van der Waals surface area (Å²) in [6.07, 6.45) is 1.21. The molecule has 1 heterocycles. The van der Waals surface area contributed by atoms with Crippen LogP contribution in [0.1, 0.15) is 38.3 Å². The SMILES string of the molecule is CCN(CC)C(=O)CN1CCCN(C(=O)CC(N)c2ccccc2)CC1. The highest BCUT2D eigenvalue weighted by molar-refractivity contribution is 5.78. The highest BCUT2D eigenvalue weighted by Crippen LogP contribution is 2.15. The van der Waals surface area contributed by atoms with Gasteiger partial charge in [0.2, 0.25) is 11.8 Å². The normalized spacial score (nSPS) is 16.8. The fraction of sp³-hybridized carbons (Fsp3) is 0.600. The summed E-state index contributed by atoms with van der Waals surface area (Å²) in [7, 11) is 0. The average Bonchev–Trinajstić information content (AvgIpc) is 2.89. The van der Waals surface area contributed by atoms with E-state index >= 15 is 0 Å². The third-order valence-corrected chi connectivity index (χ3v) is 5.04. The molecule has 6 nitrogen and oxygen atoms in total. The fourth-order valence-corrected chi connectivity index (χ4v) is 3.38. The summed E-state index contributed by atoms with van der Waals surface area (Å²) in [5, 5.41) is 0. The molecule has 0 aliphatic carbocycles. The summed E-state index contributed by atoms with van der Waals surface area (Å²) in [5.41, 5.74) is 7.18. The number of rotatable bonds is 7. The zero-order chi connectivity index (χ0) is 18.9. The third-order valence-electron chi connectivity index (χ3n) is 5.04. The van der Waals surface area contributed by atoms with Gasteiger partial charge in [-0.25, -0.2) is 0 Å². The average molecular weight is 361 g/mol. The first-order valence-electron chi connectivity index (χ1n) is 9.63. The quantitative estimate of drug-likeness (QED) is 0.800. The molecule has 1 unspecified atom stereocenters. The van der Waals surface area contributed by atoms with Gasteiger partial charge in [-0.3, -0.25) is 14.5 Å². The van der Waals surface area contributed by atoms with Crippen LogP contribution in [0.25, 0.3) is 0 Å². The van der Waals surface area contributed by atoms with Gasteiger partial charge in [-0.15, -0.1) is 0 Å². The molecule has 2 amide bonds. The van der Waals surface area contributed by atoms with Crippen molar-refractivity contribution < 1.29 is 9.59 Å². The molecular formula is C20H32N4O2. The Balaban J connectivity index is 1.83. The van der Waals surface area contributed by atoms with E-state index in [9.17, 15) is 9.59 Å². The Labute approximate surface area is 156 Å². The molecule has 0 spiro atoms. The van der Waals surface area contributed by atoms with E-state index in [0.717, 1.165) is 44.7 Å². The Kier molecular flexibility index (Phi) is 8.06. The van der Waals surface area contributed by atoms with Gasteiger partial charge in [0.1, 0.15) is 0 Å². The summed E-state index contributed by atoms with van der Waals surface area (Å²) < 4.78 is 0. The minimum absolute atomic E-state index is 0.0956. The Bertz CT molecular complexity index is 574. The molecule has 2 rings (SSSR count). The van der Waals surface area contributed by atoms with Crippen molar-refractivity contribution in [1.29, 1.82) is 0 Å². The topological polar surface area (TPSA) is 69.9 Å². The second-order valence-electron chi connectivity index (χ2n) is 6.80. The van der Waals surface area contributed by atoms with E-state index < -0.39 is 0 Å². The largest absolute Gasteiger partial charge is 0.342 e. The lowest BCUT2D eigenvalue weighted by atomic mass is 10.0. The smallest absolute Gasteiger partial charge is 0.236 e. The van der Waals surface area contributed by atoms with Crippen LogP contribution < -0.4 is 5.73 Å². The summed E-state index contributed by atoms with van der Waals surface area (Å²) >= 11 is 0. The van der Waals surface area contributed by atoms with Crippen LogP contribution >= 0.6 is 0 Å². The zero-order valence-electron chi connectivity index (χ0n) is 16.1. The standard InChI is InChI=1S/C20H32N4O2/c1-3-23(4-2)20(26)16-22-11-8-12-24(14-13-22)19(25)15-18(21)17-9-6-5-7-10-17/h5-7,9-10,18H,3-4,8,11-16,21H2,1-2H3. The number of hydrogen-bond donors (Lipinski definition) is 1. The van der Waals surface area contributed by atoms with Crippen LogP contribution in [0, 0.1) is 0 Å². The summed E-state index contributed by atoms with van der Waals surface area (Å²) in [4.78, 5) is 30.8. The van der Waals surface area contributed by atoms with Crippen LogP contribution in [-0.4, -0.2) is 72.3 Å². The molecule has 0 aromatic heterocycles. The van der Waals surface area contributed by atoms with Crippen molar-refractivity contribution in [2.24, 2.45) is 5.73 Å². The third kappa shape index (κ3) is 5.81. The van der Waals surface area contributed by atoms with Crippen LogP contribution in [0.3, 0.4) is 0 Å². The number of nitrogens with two attached hydrogens (primary N) is 1. The molecule has 1 saturated heterocycles. The molecule has 144 valence electrons. The van der Waals surface area contributed by atoms with Gasteiger partial charge in [0.25, 0.3) is 0 Å². The molecule has 1 aliphatic rings. The molecule has 0 saturated carbocycles. The molecule has 0 bridgehead atoms. The maximum absolute atomic E-state index is 12.6. The molecule has 1 aromatic carbocycles. The van der Waals surface area contributed by atoms with Crippen LogP contribution in [0.15, 0.2) is 30.3 Å². The lowest BCUT2D eigenvalue weighted by Crippen LogP contribution is -2.42. The molecule has 26 heavy (non-hydrogen) atoms. The number of benzene rings is 1. The molecular weight excluding hydrogens is 328 g/mol. The molecule has 1 atom stereocenters. The number of amides is 2. The van der Waals surface area contributed by atoms with E-state index in [2.05, 4.69) is 4.90 Å². The first kappa shape index (κ1) is 20.4. The maximum Gasteiger partial charge on any atom is 0.236 e. The molecule has 6 heteroatoms. The number of carbonyl (C=O) groups is 2. The van der Waals surface area contributed by atoms with Gasteiger partial charge >= 0.3 is 0 Å². The van der Waals surface area contributed by atoms with E-state index in [-0.39, 0.29) is 17.9 Å². The second-order valence-corrected chi connectivity index (χ2v) is 6.80. The summed E-state index contributed by atoms with van der Waals surface area (Å²) in [6.45, 7) is 8.90. The lowest BCUT2D eigenvalue weighted by Gasteiger charge is -2.25. The van der Waals surface area contributed by atoms with Gasteiger partial charge in [-0.2, -0.15) is 0 Å². The Morgan fingerprint density at radius 1 is 1.08 bits per heavy atom. The minimum atomic E-state index is -0.271. The predicted molar refractivity (Wildman–Crippen MR) is 104 cm³/mol. The van der Waals surface area contributed by atoms with E-state index in [1.807, 2.05) is 54.0 Å². The highest BCUT2D eigenvalue weighted by atomic mass is 16.2.